The van der Waals surface area contributed by atoms with Crippen LogP contribution in [0.15, 0.2) is 12.4 Å². The first-order valence-electron chi connectivity index (χ1n) is 2.44. The molecule has 0 radical (unpaired) electrons. The summed E-state index contributed by atoms with van der Waals surface area (Å²) < 4.78 is 3.56. The first kappa shape index (κ1) is 6.22. The summed E-state index contributed by atoms with van der Waals surface area (Å²) in [6.45, 7) is 0. The summed E-state index contributed by atoms with van der Waals surface area (Å²) in [5.74, 6) is 0. The highest BCUT2D eigenvalue weighted by Crippen LogP contribution is 1.88. The van der Waals surface area contributed by atoms with Crippen LogP contribution in [0.4, 0.5) is 0 Å². The van der Waals surface area contributed by atoms with E-state index in [1.807, 2.05) is 0 Å². The molecule has 0 amide bonds. The number of hydrogen-bond acceptors (Lipinski definition) is 2. The van der Waals surface area contributed by atoms with Crippen LogP contribution in [0.3, 0.4) is 0 Å². The lowest BCUT2D eigenvalue weighted by molar-refractivity contribution is 0.546. The molecule has 3 nitrogen and oxygen atoms in total. The van der Waals surface area contributed by atoms with Crippen LogP contribution in [-0.2, 0) is 11.8 Å². The minimum absolute atomic E-state index is 0.519. The predicted molar refractivity (Wildman–Crippen MR) is 36.4 cm³/mol. The standard InChI is InChI=1S/C5H6N2OS/c1-6-2-3-7(4-8)5(6)9/h2-4H,1H3. The molecule has 0 aliphatic heterocycles. The number of carbonyl (C=O) groups is 1. The molecule has 1 rings (SSSR count). The number of carbonyl (C=O) groups excluding carboxylic acids is 1. The monoisotopic (exact) mass is 142 g/mol. The minimum Gasteiger partial charge on any atom is -0.326 e. The molecule has 0 saturated heterocycles. The van der Waals surface area contributed by atoms with Crippen molar-refractivity contribution in [3.8, 4) is 0 Å². The van der Waals surface area contributed by atoms with Crippen molar-refractivity contribution >= 4 is 18.6 Å². The molecule has 0 aliphatic rings. The molecule has 1 aromatic rings. The average molecular weight is 142 g/mol. The summed E-state index contributed by atoms with van der Waals surface area (Å²) in [6, 6.07) is 0. The number of imidazole rings is 1. The highest BCUT2D eigenvalue weighted by molar-refractivity contribution is 7.71. The Kier molecular flexibility index (Phi) is 1.48. The summed E-state index contributed by atoms with van der Waals surface area (Å²) in [7, 11) is 1.79. The molecule has 0 saturated carbocycles. The highest BCUT2D eigenvalue weighted by Gasteiger charge is 1.89. The van der Waals surface area contributed by atoms with E-state index in [-0.39, 0.29) is 0 Å². The number of aryl methyl sites for hydroxylation is 1. The second kappa shape index (κ2) is 2.14. The third kappa shape index (κ3) is 0.929. The van der Waals surface area contributed by atoms with Crippen molar-refractivity contribution < 1.29 is 4.79 Å². The topological polar surface area (TPSA) is 26.9 Å². The fourth-order valence-electron chi connectivity index (χ4n) is 0.562. The summed E-state index contributed by atoms with van der Waals surface area (Å²) >= 11 is 4.82. The third-order valence-corrected chi connectivity index (χ3v) is 1.59. The molecule has 0 unspecified atom stereocenters. The summed E-state index contributed by atoms with van der Waals surface area (Å²) in [6.07, 6.45) is 4.04. The molecule has 1 aromatic heterocycles. The maximum atomic E-state index is 10.1. The molecule has 0 spiro atoms. The van der Waals surface area contributed by atoms with Crippen molar-refractivity contribution in [2.24, 2.45) is 7.05 Å². The van der Waals surface area contributed by atoms with Crippen molar-refractivity contribution in [1.82, 2.24) is 9.13 Å². The van der Waals surface area contributed by atoms with E-state index in [1.165, 1.54) is 4.57 Å². The Morgan fingerprint density at radius 1 is 1.67 bits per heavy atom. The van der Waals surface area contributed by atoms with Crippen LogP contribution in [0.1, 0.15) is 0 Å². The maximum absolute atomic E-state index is 10.1. The molecule has 0 bridgehead atoms. The molecule has 4 heteroatoms. The van der Waals surface area contributed by atoms with Gasteiger partial charge in [-0.05, 0) is 12.2 Å². The molecule has 0 atom stereocenters. The van der Waals surface area contributed by atoms with Gasteiger partial charge in [0.05, 0.1) is 0 Å². The Morgan fingerprint density at radius 3 is 2.56 bits per heavy atom. The van der Waals surface area contributed by atoms with Crippen LogP contribution in [0.5, 0.6) is 0 Å². The first-order valence-corrected chi connectivity index (χ1v) is 2.85. The quantitative estimate of drug-likeness (QED) is 0.424. The van der Waals surface area contributed by atoms with E-state index in [0.717, 1.165) is 0 Å². The van der Waals surface area contributed by atoms with Crippen LogP contribution in [0, 0.1) is 4.77 Å². The van der Waals surface area contributed by atoms with E-state index < -0.39 is 0 Å². The van der Waals surface area contributed by atoms with Gasteiger partial charge in [0.15, 0.2) is 4.77 Å². The van der Waals surface area contributed by atoms with Gasteiger partial charge in [0.1, 0.15) is 0 Å². The molecule has 0 aliphatic carbocycles. The zero-order valence-corrected chi connectivity index (χ0v) is 5.76. The Bertz CT molecular complexity index is 273. The predicted octanol–water partition coefficient (Wildman–Crippen LogP) is 0.594. The molecule has 0 fully saturated rings. The first-order chi connectivity index (χ1) is 4.25. The molecular formula is C5H6N2OS. The second-order valence-electron chi connectivity index (χ2n) is 1.70. The molecular weight excluding hydrogens is 136 g/mol. The number of aromatic nitrogens is 2. The lowest BCUT2D eigenvalue weighted by Crippen LogP contribution is -1.94. The molecule has 0 N–H and O–H groups in total. The molecule has 48 valence electrons. The fraction of sp³-hybridized carbons (Fsp3) is 0.200. The van der Waals surface area contributed by atoms with Gasteiger partial charge in [0, 0.05) is 19.4 Å². The van der Waals surface area contributed by atoms with E-state index in [1.54, 1.807) is 24.0 Å². The van der Waals surface area contributed by atoms with Crippen molar-refractivity contribution in [3.63, 3.8) is 0 Å². The Morgan fingerprint density at radius 2 is 2.33 bits per heavy atom. The van der Waals surface area contributed by atoms with Gasteiger partial charge < -0.3 is 4.57 Å². The van der Waals surface area contributed by atoms with Crippen LogP contribution in [0.25, 0.3) is 0 Å². The van der Waals surface area contributed by atoms with Gasteiger partial charge in [-0.15, -0.1) is 0 Å². The zero-order valence-electron chi connectivity index (χ0n) is 4.94. The normalized spacial score (nSPS) is 9.44. The summed E-state index contributed by atoms with van der Waals surface area (Å²) in [5.41, 5.74) is 0. The van der Waals surface area contributed by atoms with E-state index in [0.29, 0.717) is 11.2 Å². The van der Waals surface area contributed by atoms with E-state index in [4.69, 9.17) is 12.2 Å². The SMILES string of the molecule is Cn1ccn(C=O)c1=S. The lowest BCUT2D eigenvalue weighted by Gasteiger charge is -1.85. The average Bonchev–Trinajstić information content (AvgIpc) is 2.15. The smallest absolute Gasteiger partial charge is 0.220 e. The summed E-state index contributed by atoms with van der Waals surface area (Å²) in [5, 5.41) is 0. The van der Waals surface area contributed by atoms with Crippen LogP contribution >= 0.6 is 12.2 Å². The molecule has 9 heavy (non-hydrogen) atoms. The number of rotatable bonds is 1. The number of hydrogen-bond donors (Lipinski definition) is 0. The summed E-state index contributed by atoms with van der Waals surface area (Å²) in [4.78, 5) is 10.1. The van der Waals surface area contributed by atoms with Crippen molar-refractivity contribution in [1.29, 1.82) is 0 Å². The largest absolute Gasteiger partial charge is 0.326 e. The van der Waals surface area contributed by atoms with Crippen molar-refractivity contribution in [3.05, 3.63) is 17.2 Å². The van der Waals surface area contributed by atoms with Crippen LogP contribution < -0.4 is 0 Å². The zero-order chi connectivity index (χ0) is 6.85. The minimum atomic E-state index is 0.519. The van der Waals surface area contributed by atoms with Gasteiger partial charge in [0.25, 0.3) is 0 Å². The van der Waals surface area contributed by atoms with Crippen LogP contribution in [0.2, 0.25) is 0 Å². The highest BCUT2D eigenvalue weighted by atomic mass is 32.1. The fourth-order valence-corrected chi connectivity index (χ4v) is 0.726. The van der Waals surface area contributed by atoms with Gasteiger partial charge in [-0.1, -0.05) is 0 Å². The van der Waals surface area contributed by atoms with E-state index in [9.17, 15) is 4.79 Å². The molecule has 0 aromatic carbocycles. The van der Waals surface area contributed by atoms with Crippen LogP contribution in [-0.4, -0.2) is 15.5 Å². The Balaban J connectivity index is 3.36. The van der Waals surface area contributed by atoms with Gasteiger partial charge >= 0.3 is 0 Å². The van der Waals surface area contributed by atoms with Gasteiger partial charge in [-0.2, -0.15) is 0 Å². The van der Waals surface area contributed by atoms with Gasteiger partial charge in [0.2, 0.25) is 6.41 Å². The van der Waals surface area contributed by atoms with Crippen molar-refractivity contribution in [2.45, 2.75) is 0 Å². The lowest BCUT2D eigenvalue weighted by atomic mass is 10.9. The second-order valence-corrected chi connectivity index (χ2v) is 2.07. The van der Waals surface area contributed by atoms with E-state index in [2.05, 4.69) is 0 Å². The Labute approximate surface area is 57.5 Å². The van der Waals surface area contributed by atoms with Gasteiger partial charge in [-0.3, -0.25) is 9.36 Å². The number of nitrogens with zero attached hydrogens (tertiary/aromatic N) is 2. The van der Waals surface area contributed by atoms with Crippen molar-refractivity contribution in [2.75, 3.05) is 0 Å². The van der Waals surface area contributed by atoms with E-state index >= 15 is 0 Å². The van der Waals surface area contributed by atoms with Gasteiger partial charge in [-0.25, -0.2) is 0 Å². The maximum Gasteiger partial charge on any atom is 0.220 e. The third-order valence-electron chi connectivity index (χ3n) is 1.09. The Hall–Kier alpha value is -0.900. The molecule has 1 heterocycles.